The van der Waals surface area contributed by atoms with Crippen LogP contribution in [0.4, 0.5) is 0 Å². The third-order valence-corrected chi connectivity index (χ3v) is 4.46. The molecule has 0 saturated heterocycles. The van der Waals surface area contributed by atoms with E-state index in [0.717, 1.165) is 22.6 Å². The van der Waals surface area contributed by atoms with Crippen LogP contribution in [-0.4, -0.2) is 40.0 Å². The number of hydrogen-bond donors (Lipinski definition) is 1. The number of hydrogen-bond acceptors (Lipinski definition) is 4. The summed E-state index contributed by atoms with van der Waals surface area (Å²) in [5, 5.41) is 11.1. The third-order valence-electron chi connectivity index (χ3n) is 3.55. The molecule has 1 amide bonds. The Morgan fingerprint density at radius 1 is 1.38 bits per heavy atom. The Labute approximate surface area is 125 Å². The van der Waals surface area contributed by atoms with Gasteiger partial charge in [-0.05, 0) is 18.1 Å². The van der Waals surface area contributed by atoms with Gasteiger partial charge in [-0.25, -0.2) is 9.78 Å². The molecule has 21 heavy (non-hydrogen) atoms. The van der Waals surface area contributed by atoms with Gasteiger partial charge in [-0.2, -0.15) is 0 Å². The van der Waals surface area contributed by atoms with Gasteiger partial charge in [0, 0.05) is 30.5 Å². The van der Waals surface area contributed by atoms with Crippen LogP contribution in [0.25, 0.3) is 0 Å². The molecule has 1 aromatic carbocycles. The Bertz CT molecular complexity index is 696. The molecule has 3 rings (SSSR count). The summed E-state index contributed by atoms with van der Waals surface area (Å²) in [5.74, 6) is -0.965. The molecule has 1 N–H and O–H groups in total. The lowest BCUT2D eigenvalue weighted by Gasteiger charge is -2.28. The first-order chi connectivity index (χ1) is 10.1. The molecule has 0 bridgehead atoms. The van der Waals surface area contributed by atoms with Crippen molar-refractivity contribution < 1.29 is 14.7 Å². The van der Waals surface area contributed by atoms with Gasteiger partial charge in [-0.15, -0.1) is 11.3 Å². The van der Waals surface area contributed by atoms with Crippen molar-refractivity contribution in [2.45, 2.75) is 12.8 Å². The van der Waals surface area contributed by atoms with Crippen LogP contribution in [0, 0.1) is 0 Å². The minimum absolute atomic E-state index is 0.0480. The summed E-state index contributed by atoms with van der Waals surface area (Å²) in [5.41, 5.74) is 1.94. The van der Waals surface area contributed by atoms with Crippen molar-refractivity contribution in [1.29, 1.82) is 0 Å². The number of aromatic carboxylic acids is 1. The van der Waals surface area contributed by atoms with E-state index < -0.39 is 5.97 Å². The molecule has 0 unspecified atom stereocenters. The van der Waals surface area contributed by atoms with Gasteiger partial charge in [0.15, 0.2) is 5.69 Å². The van der Waals surface area contributed by atoms with Crippen molar-refractivity contribution in [1.82, 2.24) is 9.88 Å². The van der Waals surface area contributed by atoms with E-state index in [2.05, 4.69) is 4.98 Å². The summed E-state index contributed by atoms with van der Waals surface area (Å²) in [7, 11) is 0. The van der Waals surface area contributed by atoms with E-state index >= 15 is 0 Å². The lowest BCUT2D eigenvalue weighted by molar-refractivity contribution is 0.0688. The Morgan fingerprint density at radius 3 is 2.95 bits per heavy atom. The van der Waals surface area contributed by atoms with Crippen molar-refractivity contribution in [3.63, 3.8) is 0 Å². The van der Waals surface area contributed by atoms with Crippen LogP contribution in [0.15, 0.2) is 29.6 Å². The molecule has 2 heterocycles. The minimum atomic E-state index is -1.01. The Balaban J connectivity index is 1.66. The van der Waals surface area contributed by atoms with E-state index in [1.54, 1.807) is 0 Å². The van der Waals surface area contributed by atoms with Gasteiger partial charge in [0.05, 0.1) is 5.01 Å². The van der Waals surface area contributed by atoms with Gasteiger partial charge in [-0.3, -0.25) is 4.79 Å². The number of nitrogens with zero attached hydrogens (tertiary/aromatic N) is 2. The van der Waals surface area contributed by atoms with E-state index in [1.165, 1.54) is 16.7 Å². The minimum Gasteiger partial charge on any atom is -0.476 e. The molecule has 0 spiro atoms. The van der Waals surface area contributed by atoms with E-state index in [-0.39, 0.29) is 11.6 Å². The normalized spacial score (nSPS) is 14.1. The lowest BCUT2D eigenvalue weighted by atomic mass is 9.99. The second-order valence-electron chi connectivity index (χ2n) is 4.88. The van der Waals surface area contributed by atoms with E-state index in [0.29, 0.717) is 19.5 Å². The number of rotatable bonds is 4. The maximum atomic E-state index is 12.4. The van der Waals surface area contributed by atoms with E-state index in [1.807, 2.05) is 29.2 Å². The largest absolute Gasteiger partial charge is 0.476 e. The summed E-state index contributed by atoms with van der Waals surface area (Å²) < 4.78 is 0. The molecule has 0 aliphatic carbocycles. The molecule has 1 aromatic heterocycles. The summed E-state index contributed by atoms with van der Waals surface area (Å²) >= 11 is 1.32. The molecule has 108 valence electrons. The Morgan fingerprint density at radius 2 is 2.19 bits per heavy atom. The van der Waals surface area contributed by atoms with Crippen LogP contribution in [0.3, 0.4) is 0 Å². The van der Waals surface area contributed by atoms with Gasteiger partial charge in [0.2, 0.25) is 0 Å². The zero-order chi connectivity index (χ0) is 14.8. The summed E-state index contributed by atoms with van der Waals surface area (Å²) in [6.07, 6.45) is 1.45. The number of aromatic nitrogens is 1. The highest BCUT2D eigenvalue weighted by Gasteiger charge is 2.23. The van der Waals surface area contributed by atoms with Crippen molar-refractivity contribution >= 4 is 23.2 Å². The van der Waals surface area contributed by atoms with Crippen LogP contribution in [0.5, 0.6) is 0 Å². The maximum absolute atomic E-state index is 12.4. The van der Waals surface area contributed by atoms with Crippen LogP contribution in [-0.2, 0) is 12.8 Å². The van der Waals surface area contributed by atoms with Gasteiger partial charge >= 0.3 is 5.97 Å². The number of carboxylic acid groups (broad SMARTS) is 1. The fourth-order valence-electron chi connectivity index (χ4n) is 2.44. The molecule has 0 radical (unpaired) electrons. The van der Waals surface area contributed by atoms with Gasteiger partial charge in [0.1, 0.15) is 0 Å². The van der Waals surface area contributed by atoms with E-state index in [4.69, 9.17) is 5.11 Å². The predicted molar refractivity (Wildman–Crippen MR) is 78.8 cm³/mol. The first-order valence-corrected chi connectivity index (χ1v) is 7.58. The third kappa shape index (κ3) is 2.80. The monoisotopic (exact) mass is 302 g/mol. The zero-order valence-corrected chi connectivity index (χ0v) is 12.1. The number of carbonyl (C=O) groups excluding carboxylic acids is 1. The average molecular weight is 302 g/mol. The molecule has 5 nitrogen and oxygen atoms in total. The molecule has 0 saturated carbocycles. The Kier molecular flexibility index (Phi) is 3.70. The van der Waals surface area contributed by atoms with Crippen molar-refractivity contribution in [3.8, 4) is 0 Å². The van der Waals surface area contributed by atoms with Crippen molar-refractivity contribution in [2.75, 3.05) is 13.1 Å². The molecule has 1 aliphatic rings. The first kappa shape index (κ1) is 13.8. The highest BCUT2D eigenvalue weighted by molar-refractivity contribution is 7.09. The Hall–Kier alpha value is -2.21. The topological polar surface area (TPSA) is 70.5 Å². The van der Waals surface area contributed by atoms with Gasteiger partial charge in [0.25, 0.3) is 5.91 Å². The molecular weight excluding hydrogens is 288 g/mol. The second kappa shape index (κ2) is 5.65. The average Bonchev–Trinajstić information content (AvgIpc) is 2.96. The summed E-state index contributed by atoms with van der Waals surface area (Å²) in [6, 6.07) is 7.67. The van der Waals surface area contributed by atoms with Gasteiger partial charge in [-0.1, -0.05) is 18.2 Å². The number of carbonyl (C=O) groups is 2. The van der Waals surface area contributed by atoms with Crippen LogP contribution in [0.1, 0.15) is 31.4 Å². The fourth-order valence-corrected chi connectivity index (χ4v) is 3.20. The van der Waals surface area contributed by atoms with Gasteiger partial charge < -0.3 is 10.0 Å². The first-order valence-electron chi connectivity index (χ1n) is 6.70. The van der Waals surface area contributed by atoms with Crippen molar-refractivity contribution in [3.05, 3.63) is 51.5 Å². The lowest BCUT2D eigenvalue weighted by Crippen LogP contribution is -2.38. The predicted octanol–water partition coefficient (Wildman–Crippen LogP) is 2.08. The number of amides is 1. The highest BCUT2D eigenvalue weighted by Crippen LogP contribution is 2.19. The molecule has 6 heteroatoms. The smallest absolute Gasteiger partial charge is 0.355 e. The standard InChI is InChI=1S/C15H14N2O3S/c18-14-11-4-2-1-3-10(11)5-7-17(14)8-6-13-16-12(9-21-13)15(19)20/h1-4,9H,5-8H2,(H,19,20). The number of fused-ring (bicyclic) bond motifs is 1. The molecule has 0 atom stereocenters. The fraction of sp³-hybridized carbons (Fsp3) is 0.267. The maximum Gasteiger partial charge on any atom is 0.355 e. The number of benzene rings is 1. The molecule has 1 aliphatic heterocycles. The summed E-state index contributed by atoms with van der Waals surface area (Å²) in [6.45, 7) is 1.27. The molecule has 2 aromatic rings. The molecule has 0 fully saturated rings. The van der Waals surface area contributed by atoms with Crippen LogP contribution < -0.4 is 0 Å². The van der Waals surface area contributed by atoms with Crippen LogP contribution >= 0.6 is 11.3 Å². The van der Waals surface area contributed by atoms with E-state index in [9.17, 15) is 9.59 Å². The summed E-state index contributed by atoms with van der Waals surface area (Å²) in [4.78, 5) is 29.0. The number of thiazole rings is 1. The van der Waals surface area contributed by atoms with Crippen molar-refractivity contribution in [2.24, 2.45) is 0 Å². The SMILES string of the molecule is O=C(O)c1csc(CCN2CCc3ccccc3C2=O)n1. The highest BCUT2D eigenvalue weighted by atomic mass is 32.1. The van der Waals surface area contributed by atoms with Crippen LogP contribution in [0.2, 0.25) is 0 Å². The zero-order valence-electron chi connectivity index (χ0n) is 11.3. The second-order valence-corrected chi connectivity index (χ2v) is 5.82. The molecular formula is C15H14N2O3S. The number of carboxylic acids is 1. The quantitative estimate of drug-likeness (QED) is 0.938.